The number of aromatic hydroxyl groups is 1. The largest absolute Gasteiger partial charge is 0.524 e. The minimum atomic E-state index is -4.87. The highest BCUT2D eigenvalue weighted by Crippen LogP contribution is 2.43. The first kappa shape index (κ1) is 30.7. The Labute approximate surface area is 245 Å². The minimum Gasteiger partial charge on any atom is -0.504 e. The van der Waals surface area contributed by atoms with Crippen LogP contribution in [0.3, 0.4) is 0 Å². The van der Waals surface area contributed by atoms with E-state index < -0.39 is 7.82 Å². The van der Waals surface area contributed by atoms with Crippen LogP contribution in [0, 0.1) is 0 Å². The number of carbonyl (C=O) groups is 1. The van der Waals surface area contributed by atoms with Crippen LogP contribution in [0.25, 0.3) is 21.9 Å². The van der Waals surface area contributed by atoms with Gasteiger partial charge in [-0.3, -0.25) is 14.6 Å². The summed E-state index contributed by atoms with van der Waals surface area (Å²) < 4.78 is 23.7. The van der Waals surface area contributed by atoms with Gasteiger partial charge < -0.3 is 30.0 Å². The number of aromatic nitrogens is 3. The summed E-state index contributed by atoms with van der Waals surface area (Å²) in [5.74, 6) is 0.269. The Balaban J connectivity index is 1.70. The van der Waals surface area contributed by atoms with E-state index in [4.69, 9.17) is 15.5 Å². The summed E-state index contributed by atoms with van der Waals surface area (Å²) in [6.45, 7) is 3.53. The number of unbranched alkanes of at least 4 members (excludes halogenated alkanes) is 1. The van der Waals surface area contributed by atoms with Crippen LogP contribution in [0.4, 0.5) is 5.82 Å². The molecule has 0 fully saturated rings. The molecule has 0 bridgehead atoms. The summed E-state index contributed by atoms with van der Waals surface area (Å²) in [6, 6.07) is 10.4. The fourth-order valence-electron chi connectivity index (χ4n) is 4.52. The summed E-state index contributed by atoms with van der Waals surface area (Å²) in [4.78, 5) is 39.2. The maximum atomic E-state index is 11.4. The van der Waals surface area contributed by atoms with E-state index in [0.717, 1.165) is 35.1 Å². The molecule has 220 valence electrons. The van der Waals surface area contributed by atoms with Gasteiger partial charge in [-0.1, -0.05) is 47.5 Å². The number of phenolic OH excluding ortho intramolecular Hbond substituents is 1. The number of amides is 1. The number of alkyl halides is 1. The molecule has 2 heterocycles. The zero-order chi connectivity index (χ0) is 29.6. The fourth-order valence-corrected chi connectivity index (χ4v) is 5.13. The van der Waals surface area contributed by atoms with Crippen LogP contribution >= 0.6 is 23.8 Å². The monoisotopic (exact) mass is 649 g/mol. The summed E-state index contributed by atoms with van der Waals surface area (Å²) in [5.41, 5.74) is 9.73. The van der Waals surface area contributed by atoms with Crippen molar-refractivity contribution < 1.29 is 33.5 Å². The summed E-state index contributed by atoms with van der Waals surface area (Å²) in [7, 11) is -4.87. The first-order valence-electron chi connectivity index (χ1n) is 13.1. The lowest BCUT2D eigenvalue weighted by Crippen LogP contribution is -2.28. The standard InChI is InChI=1S/C27H33BrN5O7P/c1-2-3-7-22-32-24-25(33(22)16-18-5-4-6-21(26(18)35)40-41(36,37)38)19-14-17(8-9-20(19)31-27(24)29)10-12-39-13-11-30-23(34)15-28/h4-6,8-9,14,35H,2-3,7,10-13,15-16H2,1H3,(H2,29,31)(H,30,34)(H2,36,37,38). The number of imidazole rings is 1. The maximum absolute atomic E-state index is 11.4. The van der Waals surface area contributed by atoms with Gasteiger partial charge in [-0.15, -0.1) is 0 Å². The third-order valence-electron chi connectivity index (χ3n) is 6.45. The lowest BCUT2D eigenvalue weighted by Gasteiger charge is -2.15. The Morgan fingerprint density at radius 1 is 1.17 bits per heavy atom. The molecule has 0 atom stereocenters. The lowest BCUT2D eigenvalue weighted by atomic mass is 10.1. The molecule has 0 aliphatic heterocycles. The van der Waals surface area contributed by atoms with Gasteiger partial charge in [-0.2, -0.15) is 0 Å². The molecule has 41 heavy (non-hydrogen) atoms. The predicted molar refractivity (Wildman–Crippen MR) is 159 cm³/mol. The van der Waals surface area contributed by atoms with Crippen molar-refractivity contribution in [3.8, 4) is 11.5 Å². The molecule has 1 amide bonds. The third kappa shape index (κ3) is 7.75. The Bertz CT molecular complexity index is 1590. The fraction of sp³-hybridized carbons (Fsp3) is 0.370. The zero-order valence-corrected chi connectivity index (χ0v) is 25.0. The van der Waals surface area contributed by atoms with Gasteiger partial charge in [0, 0.05) is 23.9 Å². The summed E-state index contributed by atoms with van der Waals surface area (Å²) in [5, 5.41) is 14.6. The highest BCUT2D eigenvalue weighted by Gasteiger charge is 2.22. The average Bonchev–Trinajstić information content (AvgIpc) is 3.29. The SMILES string of the molecule is CCCCc1nc2c(N)nc3ccc(CCOCCNC(=O)CBr)cc3c2n1Cc1cccc(OP(=O)(O)O)c1O. The molecule has 12 nitrogen and oxygen atoms in total. The Kier molecular flexibility index (Phi) is 10.2. The van der Waals surface area contributed by atoms with Crippen molar-refractivity contribution in [1.29, 1.82) is 0 Å². The van der Waals surface area contributed by atoms with E-state index in [9.17, 15) is 24.3 Å². The molecule has 0 saturated carbocycles. The van der Waals surface area contributed by atoms with E-state index in [1.54, 1.807) is 12.1 Å². The number of nitrogens with zero attached hydrogens (tertiary/aromatic N) is 3. The van der Waals surface area contributed by atoms with Crippen LogP contribution < -0.4 is 15.6 Å². The number of carbonyl (C=O) groups excluding carboxylic acids is 1. The van der Waals surface area contributed by atoms with Crippen LogP contribution in [0.2, 0.25) is 0 Å². The number of halogens is 1. The van der Waals surface area contributed by atoms with Gasteiger partial charge in [0.2, 0.25) is 5.91 Å². The molecule has 2 aromatic heterocycles. The van der Waals surface area contributed by atoms with Crippen LogP contribution in [0.5, 0.6) is 11.5 Å². The molecule has 0 unspecified atom stereocenters. The summed E-state index contributed by atoms with van der Waals surface area (Å²) >= 11 is 3.11. The van der Waals surface area contributed by atoms with Crippen LogP contribution in [-0.2, 0) is 33.5 Å². The van der Waals surface area contributed by atoms with Gasteiger partial charge in [-0.05, 0) is 36.6 Å². The second-order valence-corrected chi connectivity index (χ2v) is 11.2. The van der Waals surface area contributed by atoms with Crippen molar-refractivity contribution in [2.45, 2.75) is 39.2 Å². The molecule has 4 aromatic rings. The molecule has 0 aliphatic carbocycles. The number of hydrogen-bond acceptors (Lipinski definition) is 8. The molecule has 0 spiro atoms. The van der Waals surface area contributed by atoms with Crippen molar-refractivity contribution in [3.05, 3.63) is 53.3 Å². The Hall–Kier alpha value is -3.22. The number of phosphoric acid groups is 1. The zero-order valence-electron chi connectivity index (χ0n) is 22.5. The Morgan fingerprint density at radius 3 is 2.71 bits per heavy atom. The average molecular weight is 650 g/mol. The number of nitrogen functional groups attached to an aromatic ring is 1. The van der Waals surface area contributed by atoms with E-state index in [0.29, 0.717) is 49.2 Å². The van der Waals surface area contributed by atoms with E-state index in [1.807, 2.05) is 22.8 Å². The minimum absolute atomic E-state index is 0.0943. The molecule has 0 saturated heterocycles. The van der Waals surface area contributed by atoms with Crippen LogP contribution in [-0.4, -0.2) is 60.4 Å². The number of para-hydroxylation sites is 1. The molecule has 6 N–H and O–H groups in total. The van der Waals surface area contributed by atoms with E-state index >= 15 is 0 Å². The molecule has 14 heteroatoms. The maximum Gasteiger partial charge on any atom is 0.524 e. The summed E-state index contributed by atoms with van der Waals surface area (Å²) in [6.07, 6.45) is 3.11. The highest BCUT2D eigenvalue weighted by molar-refractivity contribution is 9.09. The quantitative estimate of drug-likeness (QED) is 0.0765. The normalized spacial score (nSPS) is 11.8. The van der Waals surface area contributed by atoms with Crippen molar-refractivity contribution >= 4 is 57.4 Å². The third-order valence-corrected chi connectivity index (χ3v) is 7.40. The predicted octanol–water partition coefficient (Wildman–Crippen LogP) is 3.80. The lowest BCUT2D eigenvalue weighted by molar-refractivity contribution is -0.118. The number of nitrogens with one attached hydrogen (secondary N) is 1. The number of hydrogen-bond donors (Lipinski definition) is 5. The molecule has 0 aliphatic rings. The first-order chi connectivity index (χ1) is 19.6. The van der Waals surface area contributed by atoms with Gasteiger partial charge in [-0.25, -0.2) is 14.5 Å². The second-order valence-electron chi connectivity index (χ2n) is 9.46. The Morgan fingerprint density at radius 2 is 1.98 bits per heavy atom. The first-order valence-corrected chi connectivity index (χ1v) is 15.8. The molecule has 2 aromatic carbocycles. The van der Waals surface area contributed by atoms with Crippen molar-refractivity contribution in [2.24, 2.45) is 0 Å². The van der Waals surface area contributed by atoms with Crippen LogP contribution in [0.15, 0.2) is 36.4 Å². The van der Waals surface area contributed by atoms with Gasteiger partial charge in [0.1, 0.15) is 11.3 Å². The number of anilines is 1. The molecule has 0 radical (unpaired) electrons. The van der Waals surface area contributed by atoms with E-state index in [1.165, 1.54) is 6.07 Å². The van der Waals surface area contributed by atoms with Gasteiger partial charge >= 0.3 is 7.82 Å². The molecular formula is C27H33BrN5O7P. The number of ether oxygens (including phenoxy) is 1. The van der Waals surface area contributed by atoms with Crippen LogP contribution in [0.1, 0.15) is 36.7 Å². The number of phenols is 1. The number of aryl methyl sites for hydroxylation is 1. The molecule has 4 rings (SSSR count). The van der Waals surface area contributed by atoms with E-state index in [2.05, 4.69) is 37.7 Å². The number of nitrogens with two attached hydrogens (primary N) is 1. The topological polar surface area (TPSA) is 182 Å². The van der Waals surface area contributed by atoms with Crippen molar-refractivity contribution in [1.82, 2.24) is 19.9 Å². The number of phosphoric ester groups is 1. The van der Waals surface area contributed by atoms with Gasteiger partial charge in [0.05, 0.1) is 36.1 Å². The number of rotatable bonds is 14. The number of fused-ring (bicyclic) bond motifs is 3. The number of pyridine rings is 1. The van der Waals surface area contributed by atoms with Gasteiger partial charge in [0.25, 0.3) is 0 Å². The smallest absolute Gasteiger partial charge is 0.504 e. The second kappa shape index (κ2) is 13.6. The van der Waals surface area contributed by atoms with E-state index in [-0.39, 0.29) is 35.1 Å². The van der Waals surface area contributed by atoms with Gasteiger partial charge in [0.15, 0.2) is 17.3 Å². The highest BCUT2D eigenvalue weighted by atomic mass is 79.9. The van der Waals surface area contributed by atoms with Crippen molar-refractivity contribution in [3.63, 3.8) is 0 Å². The van der Waals surface area contributed by atoms with Crippen molar-refractivity contribution in [2.75, 3.05) is 30.8 Å². The number of benzene rings is 2. The molecular weight excluding hydrogens is 617 g/mol.